The van der Waals surface area contributed by atoms with Crippen molar-refractivity contribution in [1.29, 1.82) is 0 Å². The number of nitrogens with one attached hydrogen (secondary N) is 1. The fraction of sp³-hybridized carbons (Fsp3) is 0.226. The number of ether oxygens (including phenoxy) is 1. The van der Waals surface area contributed by atoms with Gasteiger partial charge in [-0.05, 0) is 55.0 Å². The highest BCUT2D eigenvalue weighted by atomic mass is 32.2. The third-order valence-corrected chi connectivity index (χ3v) is 10.1. The van der Waals surface area contributed by atoms with Crippen LogP contribution >= 0.6 is 23.1 Å². The first kappa shape index (κ1) is 30.5. The number of carbonyl (C=O) groups is 3. The number of aromatic hydroxyl groups is 1. The molecular formula is C31H24F3N3O6S2. The Balaban J connectivity index is 1.45. The highest BCUT2D eigenvalue weighted by Crippen LogP contribution is 2.54. The smallest absolute Gasteiger partial charge is 0.416 e. The number of phenols is 1. The van der Waals surface area contributed by atoms with Gasteiger partial charge in [-0.2, -0.15) is 13.2 Å². The molecule has 0 bridgehead atoms. The van der Waals surface area contributed by atoms with Gasteiger partial charge in [0.15, 0.2) is 11.5 Å². The Morgan fingerprint density at radius 1 is 1.00 bits per heavy atom. The molecule has 3 atom stereocenters. The molecule has 1 fully saturated rings. The van der Waals surface area contributed by atoms with Crippen LogP contribution in [0.5, 0.6) is 11.5 Å². The van der Waals surface area contributed by atoms with Crippen molar-refractivity contribution in [2.45, 2.75) is 35.8 Å². The Morgan fingerprint density at radius 3 is 2.47 bits per heavy atom. The first-order chi connectivity index (χ1) is 21.5. The van der Waals surface area contributed by atoms with Crippen LogP contribution in [0.25, 0.3) is 0 Å². The van der Waals surface area contributed by atoms with Crippen LogP contribution in [0.4, 0.5) is 24.5 Å². The summed E-state index contributed by atoms with van der Waals surface area (Å²) in [7, 11) is 0. The summed E-state index contributed by atoms with van der Waals surface area (Å²) in [5, 5.41) is 12.3. The summed E-state index contributed by atoms with van der Waals surface area (Å²) in [6, 6.07) is 17.0. The first-order valence-electron chi connectivity index (χ1n) is 13.7. The molecule has 6 rings (SSSR count). The van der Waals surface area contributed by atoms with Crippen molar-refractivity contribution in [1.82, 2.24) is 4.57 Å². The fourth-order valence-electron chi connectivity index (χ4n) is 5.55. The van der Waals surface area contributed by atoms with Crippen molar-refractivity contribution in [2.24, 2.45) is 5.92 Å². The van der Waals surface area contributed by atoms with Crippen LogP contribution in [0.2, 0.25) is 0 Å². The summed E-state index contributed by atoms with van der Waals surface area (Å²) in [4.78, 5) is 54.9. The molecule has 0 aliphatic carbocycles. The van der Waals surface area contributed by atoms with E-state index in [9.17, 15) is 37.5 Å². The molecule has 2 N–H and O–H groups in total. The molecule has 232 valence electrons. The molecule has 14 heteroatoms. The Hall–Kier alpha value is -4.56. The molecule has 45 heavy (non-hydrogen) atoms. The average molecular weight is 656 g/mol. The number of thioether (sulfide) groups is 1. The number of amides is 3. The summed E-state index contributed by atoms with van der Waals surface area (Å²) >= 11 is 1.76. The van der Waals surface area contributed by atoms with E-state index in [2.05, 4.69) is 5.32 Å². The lowest BCUT2D eigenvalue weighted by atomic mass is 9.83. The lowest BCUT2D eigenvalue weighted by Crippen LogP contribution is -2.33. The highest BCUT2D eigenvalue weighted by Gasteiger charge is 2.57. The number of phenolic OH excluding ortho intramolecular Hbond substituents is 1. The predicted octanol–water partition coefficient (Wildman–Crippen LogP) is 5.47. The number of rotatable bonds is 7. The fourth-order valence-corrected chi connectivity index (χ4v) is 8.32. The van der Waals surface area contributed by atoms with E-state index < -0.39 is 51.4 Å². The van der Waals surface area contributed by atoms with Gasteiger partial charge >= 0.3 is 11.0 Å². The Morgan fingerprint density at radius 2 is 1.76 bits per heavy atom. The minimum atomic E-state index is -4.70. The maximum Gasteiger partial charge on any atom is 0.416 e. The van der Waals surface area contributed by atoms with Gasteiger partial charge in [0.25, 0.3) is 0 Å². The second-order valence-corrected chi connectivity index (χ2v) is 12.4. The number of fused-ring (bicyclic) bond motifs is 2. The van der Waals surface area contributed by atoms with Crippen LogP contribution in [-0.2, 0) is 27.1 Å². The molecule has 3 aromatic carbocycles. The zero-order valence-electron chi connectivity index (χ0n) is 23.4. The van der Waals surface area contributed by atoms with Gasteiger partial charge in [0.05, 0.1) is 28.8 Å². The average Bonchev–Trinajstić information content (AvgIpc) is 3.44. The number of halogens is 3. The van der Waals surface area contributed by atoms with Crippen molar-refractivity contribution in [3.8, 4) is 11.5 Å². The van der Waals surface area contributed by atoms with Crippen LogP contribution in [0, 0.1) is 5.92 Å². The Labute approximate surface area is 262 Å². The minimum absolute atomic E-state index is 0.117. The Kier molecular flexibility index (Phi) is 7.95. The predicted molar refractivity (Wildman–Crippen MR) is 162 cm³/mol. The molecule has 0 spiro atoms. The number of aromatic nitrogens is 1. The van der Waals surface area contributed by atoms with Crippen LogP contribution in [0.1, 0.15) is 28.8 Å². The summed E-state index contributed by atoms with van der Waals surface area (Å²) < 4.78 is 47.4. The second kappa shape index (κ2) is 11.7. The van der Waals surface area contributed by atoms with E-state index in [0.29, 0.717) is 21.2 Å². The van der Waals surface area contributed by atoms with E-state index in [1.165, 1.54) is 22.8 Å². The summed E-state index contributed by atoms with van der Waals surface area (Å²) in [6.45, 7) is 1.56. The number of nitrogens with zero attached hydrogens (tertiary/aromatic N) is 2. The summed E-state index contributed by atoms with van der Waals surface area (Å²) in [5.74, 6) is -4.02. The monoisotopic (exact) mass is 655 g/mol. The van der Waals surface area contributed by atoms with Gasteiger partial charge in [0, 0.05) is 16.5 Å². The molecule has 2 aliphatic rings. The molecule has 3 unspecified atom stereocenters. The zero-order chi connectivity index (χ0) is 32.0. The third kappa shape index (κ3) is 5.59. The number of hydrogen-bond acceptors (Lipinski definition) is 8. The van der Waals surface area contributed by atoms with E-state index in [4.69, 9.17) is 4.74 Å². The van der Waals surface area contributed by atoms with Crippen molar-refractivity contribution >= 4 is 52.2 Å². The maximum absolute atomic E-state index is 14.0. The number of carbonyl (C=O) groups excluding carboxylic acids is 3. The number of thiazole rings is 1. The number of imide groups is 1. The number of hydrogen-bond donors (Lipinski definition) is 2. The molecule has 3 heterocycles. The van der Waals surface area contributed by atoms with Gasteiger partial charge < -0.3 is 15.2 Å². The molecule has 9 nitrogen and oxygen atoms in total. The van der Waals surface area contributed by atoms with Crippen molar-refractivity contribution < 1.29 is 37.4 Å². The van der Waals surface area contributed by atoms with E-state index in [1.807, 2.05) is 0 Å². The van der Waals surface area contributed by atoms with Gasteiger partial charge in [-0.1, -0.05) is 53.4 Å². The molecule has 2 aliphatic heterocycles. The molecule has 0 saturated carbocycles. The van der Waals surface area contributed by atoms with Crippen molar-refractivity contribution in [2.75, 3.05) is 16.8 Å². The second-order valence-electron chi connectivity index (χ2n) is 10.3. The SMILES string of the molecule is CCOc1cc(C2c3sc(=O)n(CC(=O)Nc4ccccc4)c3SC3C(=O)N(c4cccc(C(F)(F)F)c4)C(=O)C32)ccc1O. The van der Waals surface area contributed by atoms with Gasteiger partial charge in [-0.15, -0.1) is 0 Å². The van der Waals surface area contributed by atoms with Crippen LogP contribution < -0.4 is 19.8 Å². The molecule has 1 aromatic heterocycles. The van der Waals surface area contributed by atoms with Gasteiger partial charge in [0.2, 0.25) is 17.7 Å². The molecule has 0 radical (unpaired) electrons. The molecule has 1 saturated heterocycles. The van der Waals surface area contributed by atoms with Crippen LogP contribution in [0.15, 0.2) is 82.6 Å². The lowest BCUT2D eigenvalue weighted by molar-refractivity contribution is -0.137. The number of benzene rings is 3. The normalized spacial score (nSPS) is 19.3. The minimum Gasteiger partial charge on any atom is -0.504 e. The first-order valence-corrected chi connectivity index (χ1v) is 15.4. The molecule has 4 aromatic rings. The molecule has 3 amide bonds. The standard InChI is InChI=1S/C31H24F3N3O6S2/c1-2-43-21-13-16(11-12-20(21)38)23-24-25(28(41)37(27(24)40)19-10-6-7-17(14-19)31(32,33)34)44-29-26(23)45-30(42)36(29)15-22(39)35-18-8-4-3-5-9-18/h3-14,23-25,38H,2,15H2,1H3,(H,35,39). The van der Waals surface area contributed by atoms with Crippen LogP contribution in [0.3, 0.4) is 0 Å². The highest BCUT2D eigenvalue weighted by molar-refractivity contribution is 8.00. The zero-order valence-corrected chi connectivity index (χ0v) is 25.0. The molecular weight excluding hydrogens is 631 g/mol. The van der Waals surface area contributed by atoms with Gasteiger partial charge in [0.1, 0.15) is 11.8 Å². The maximum atomic E-state index is 14.0. The van der Waals surface area contributed by atoms with E-state index in [-0.39, 0.29) is 30.3 Å². The lowest BCUT2D eigenvalue weighted by Gasteiger charge is -2.31. The Bertz CT molecular complexity index is 1870. The van der Waals surface area contributed by atoms with E-state index in [0.717, 1.165) is 46.2 Å². The number of para-hydroxylation sites is 1. The van der Waals surface area contributed by atoms with E-state index in [1.54, 1.807) is 43.3 Å². The quantitative estimate of drug-likeness (QED) is 0.254. The largest absolute Gasteiger partial charge is 0.504 e. The number of alkyl halides is 3. The van der Waals surface area contributed by atoms with Gasteiger partial charge in [-0.3, -0.25) is 23.7 Å². The van der Waals surface area contributed by atoms with Crippen molar-refractivity contribution in [3.05, 3.63) is 98.5 Å². The van der Waals surface area contributed by atoms with Crippen molar-refractivity contribution in [3.63, 3.8) is 0 Å². The van der Waals surface area contributed by atoms with E-state index >= 15 is 0 Å². The summed E-state index contributed by atoms with van der Waals surface area (Å²) in [5.41, 5.74) is -0.276. The number of anilines is 2. The van der Waals surface area contributed by atoms with Gasteiger partial charge in [-0.25, -0.2) is 4.90 Å². The van der Waals surface area contributed by atoms with Crippen LogP contribution in [-0.4, -0.2) is 39.3 Å². The summed E-state index contributed by atoms with van der Waals surface area (Å²) in [6.07, 6.45) is -4.70. The topological polar surface area (TPSA) is 118 Å². The third-order valence-electron chi connectivity index (χ3n) is 7.48.